The number of rotatable bonds is 4. The third-order valence-electron chi connectivity index (χ3n) is 2.81. The van der Waals surface area contributed by atoms with Crippen LogP contribution in [0.2, 0.25) is 10.0 Å². The van der Waals surface area contributed by atoms with Gasteiger partial charge in [0, 0.05) is 11.9 Å². The molecule has 7 heteroatoms. The number of nitrogens with zero attached hydrogens (tertiary/aromatic N) is 1. The topological polar surface area (TPSA) is 85.2 Å². The Labute approximate surface area is 142 Å². The van der Waals surface area contributed by atoms with E-state index in [-0.39, 0.29) is 11.3 Å². The van der Waals surface area contributed by atoms with Crippen molar-refractivity contribution in [3.63, 3.8) is 0 Å². The molecule has 0 aliphatic rings. The van der Waals surface area contributed by atoms with Gasteiger partial charge >= 0.3 is 0 Å². The second-order valence-electron chi connectivity index (χ2n) is 4.41. The molecule has 2 aromatic rings. The smallest absolute Gasteiger partial charge is 0.267 e. The molecule has 0 bridgehead atoms. The lowest BCUT2D eigenvalue weighted by Crippen LogP contribution is -2.14. The molecule has 0 heterocycles. The molecule has 23 heavy (non-hydrogen) atoms. The number of hydrogen-bond donors (Lipinski definition) is 3. The number of para-hydroxylation sites is 1. The number of nitrogens with one attached hydrogen (secondary N) is 2. The lowest BCUT2D eigenvalue weighted by molar-refractivity contribution is -0.112. The molecule has 0 saturated heterocycles. The van der Waals surface area contributed by atoms with Gasteiger partial charge in [0.05, 0.1) is 15.7 Å². The number of nitriles is 1. The van der Waals surface area contributed by atoms with Crippen LogP contribution < -0.4 is 10.6 Å². The van der Waals surface area contributed by atoms with E-state index in [0.717, 1.165) is 0 Å². The lowest BCUT2D eigenvalue weighted by Gasteiger charge is -2.08. The molecule has 2 aromatic carbocycles. The van der Waals surface area contributed by atoms with E-state index in [9.17, 15) is 9.90 Å². The maximum atomic E-state index is 12.0. The van der Waals surface area contributed by atoms with E-state index in [1.165, 1.54) is 30.5 Å². The number of hydrogen-bond acceptors (Lipinski definition) is 4. The SMILES string of the molecule is N#C/C(=C/Nc1c(Cl)cccc1Cl)C(=O)Nc1ccc(O)cc1. The molecule has 0 aliphatic heterocycles. The highest BCUT2D eigenvalue weighted by Gasteiger charge is 2.10. The Hall–Kier alpha value is -2.68. The fourth-order valence-corrected chi connectivity index (χ4v) is 2.18. The summed E-state index contributed by atoms with van der Waals surface area (Å²) < 4.78 is 0. The number of benzene rings is 2. The molecule has 0 spiro atoms. The summed E-state index contributed by atoms with van der Waals surface area (Å²) in [5, 5.41) is 24.3. The zero-order valence-corrected chi connectivity index (χ0v) is 13.2. The van der Waals surface area contributed by atoms with E-state index < -0.39 is 5.91 Å². The minimum absolute atomic E-state index is 0.0778. The largest absolute Gasteiger partial charge is 0.508 e. The van der Waals surface area contributed by atoms with Gasteiger partial charge in [0.15, 0.2) is 0 Å². The molecular formula is C16H11Cl2N3O2. The van der Waals surface area contributed by atoms with Crippen molar-refractivity contribution in [3.05, 3.63) is 64.3 Å². The van der Waals surface area contributed by atoms with Gasteiger partial charge in [-0.25, -0.2) is 0 Å². The Morgan fingerprint density at radius 1 is 1.13 bits per heavy atom. The van der Waals surface area contributed by atoms with Crippen LogP contribution in [0.4, 0.5) is 11.4 Å². The fraction of sp³-hybridized carbons (Fsp3) is 0. The Morgan fingerprint density at radius 3 is 2.30 bits per heavy atom. The molecule has 0 unspecified atom stereocenters. The summed E-state index contributed by atoms with van der Waals surface area (Å²) in [7, 11) is 0. The number of phenolic OH excluding ortho intramolecular Hbond substituents is 1. The van der Waals surface area contributed by atoms with E-state index in [1.54, 1.807) is 24.3 Å². The second-order valence-corrected chi connectivity index (χ2v) is 5.23. The molecule has 1 amide bonds. The first kappa shape index (κ1) is 16.7. The van der Waals surface area contributed by atoms with E-state index in [1.807, 2.05) is 0 Å². The first-order valence-electron chi connectivity index (χ1n) is 6.42. The number of phenols is 1. The number of aromatic hydroxyl groups is 1. The molecule has 5 nitrogen and oxygen atoms in total. The zero-order chi connectivity index (χ0) is 16.8. The van der Waals surface area contributed by atoms with Gasteiger partial charge < -0.3 is 15.7 Å². The van der Waals surface area contributed by atoms with Crippen LogP contribution in [0.15, 0.2) is 54.2 Å². The summed E-state index contributed by atoms with van der Waals surface area (Å²) in [6.45, 7) is 0. The van der Waals surface area contributed by atoms with Gasteiger partial charge in [0.25, 0.3) is 5.91 Å². The van der Waals surface area contributed by atoms with Crippen molar-refractivity contribution in [2.75, 3.05) is 10.6 Å². The Morgan fingerprint density at radius 2 is 1.74 bits per heavy atom. The molecule has 0 aliphatic carbocycles. The minimum Gasteiger partial charge on any atom is -0.508 e. The van der Waals surface area contributed by atoms with Gasteiger partial charge in [-0.2, -0.15) is 5.26 Å². The van der Waals surface area contributed by atoms with Gasteiger partial charge in [-0.05, 0) is 36.4 Å². The van der Waals surface area contributed by atoms with Gasteiger partial charge in [-0.15, -0.1) is 0 Å². The van der Waals surface area contributed by atoms with Crippen molar-refractivity contribution in [3.8, 4) is 11.8 Å². The van der Waals surface area contributed by atoms with Crippen LogP contribution in [0.3, 0.4) is 0 Å². The lowest BCUT2D eigenvalue weighted by atomic mass is 10.2. The van der Waals surface area contributed by atoms with E-state index in [2.05, 4.69) is 10.6 Å². The Kier molecular flexibility index (Phi) is 5.47. The van der Waals surface area contributed by atoms with Crippen LogP contribution >= 0.6 is 23.2 Å². The second kappa shape index (κ2) is 7.54. The van der Waals surface area contributed by atoms with Crippen LogP contribution in [0.1, 0.15) is 0 Å². The maximum Gasteiger partial charge on any atom is 0.267 e. The molecule has 0 aromatic heterocycles. The molecule has 2 rings (SSSR count). The Bertz CT molecular complexity index is 776. The van der Waals surface area contributed by atoms with Gasteiger partial charge in [0.2, 0.25) is 0 Å². The number of anilines is 2. The average molecular weight is 348 g/mol. The summed E-state index contributed by atoms with van der Waals surface area (Å²) in [6.07, 6.45) is 1.23. The maximum absolute atomic E-state index is 12.0. The van der Waals surface area contributed by atoms with Gasteiger partial charge in [-0.1, -0.05) is 29.3 Å². The van der Waals surface area contributed by atoms with Gasteiger partial charge in [0.1, 0.15) is 17.4 Å². The highest BCUT2D eigenvalue weighted by atomic mass is 35.5. The molecular weight excluding hydrogens is 337 g/mol. The van der Waals surface area contributed by atoms with Crippen LogP contribution in [0.5, 0.6) is 5.75 Å². The van der Waals surface area contributed by atoms with Crippen LogP contribution in [0.25, 0.3) is 0 Å². The predicted molar refractivity (Wildman–Crippen MR) is 90.5 cm³/mol. The number of carbonyl (C=O) groups is 1. The van der Waals surface area contributed by atoms with Crippen molar-refractivity contribution in [2.45, 2.75) is 0 Å². The Balaban J connectivity index is 2.14. The van der Waals surface area contributed by atoms with Crippen molar-refractivity contribution < 1.29 is 9.90 Å². The van der Waals surface area contributed by atoms with Crippen molar-refractivity contribution in [1.29, 1.82) is 5.26 Å². The number of amides is 1. The van der Waals surface area contributed by atoms with Crippen molar-refractivity contribution in [2.24, 2.45) is 0 Å². The standard InChI is InChI=1S/C16H11Cl2N3O2/c17-13-2-1-3-14(18)15(13)20-9-10(8-19)16(23)21-11-4-6-12(22)7-5-11/h1-7,9,20,22H,(H,21,23)/b10-9-. The van der Waals surface area contributed by atoms with E-state index >= 15 is 0 Å². The van der Waals surface area contributed by atoms with E-state index in [4.69, 9.17) is 28.5 Å². The summed E-state index contributed by atoms with van der Waals surface area (Å²) >= 11 is 12.0. The first-order chi connectivity index (χ1) is 11.0. The number of halogens is 2. The monoisotopic (exact) mass is 347 g/mol. The average Bonchev–Trinajstić information content (AvgIpc) is 2.52. The molecule has 0 fully saturated rings. The number of carbonyl (C=O) groups excluding carboxylic acids is 1. The minimum atomic E-state index is -0.603. The summed E-state index contributed by atoms with van der Waals surface area (Å²) in [5.74, 6) is -0.525. The predicted octanol–water partition coefficient (Wildman–Crippen LogP) is 4.16. The molecule has 0 atom stereocenters. The normalized spacial score (nSPS) is 10.7. The van der Waals surface area contributed by atoms with Crippen LogP contribution in [0, 0.1) is 11.3 Å². The molecule has 116 valence electrons. The summed E-state index contributed by atoms with van der Waals surface area (Å²) in [5.41, 5.74) is 0.694. The molecule has 3 N–H and O–H groups in total. The summed E-state index contributed by atoms with van der Waals surface area (Å²) in [6, 6.07) is 12.6. The first-order valence-corrected chi connectivity index (χ1v) is 7.18. The quantitative estimate of drug-likeness (QED) is 0.440. The van der Waals surface area contributed by atoms with Crippen LogP contribution in [-0.2, 0) is 4.79 Å². The van der Waals surface area contributed by atoms with Crippen molar-refractivity contribution >= 4 is 40.5 Å². The molecule has 0 radical (unpaired) electrons. The highest BCUT2D eigenvalue weighted by molar-refractivity contribution is 6.39. The third kappa shape index (κ3) is 4.39. The molecule has 0 saturated carbocycles. The van der Waals surface area contributed by atoms with Crippen LogP contribution in [-0.4, -0.2) is 11.0 Å². The van der Waals surface area contributed by atoms with Gasteiger partial charge in [-0.3, -0.25) is 4.79 Å². The van der Waals surface area contributed by atoms with E-state index in [0.29, 0.717) is 21.4 Å². The summed E-state index contributed by atoms with van der Waals surface area (Å²) in [4.78, 5) is 12.0. The van der Waals surface area contributed by atoms with Crippen molar-refractivity contribution in [1.82, 2.24) is 0 Å². The zero-order valence-electron chi connectivity index (χ0n) is 11.7. The fourth-order valence-electron chi connectivity index (χ4n) is 1.67. The highest BCUT2D eigenvalue weighted by Crippen LogP contribution is 2.29. The third-order valence-corrected chi connectivity index (χ3v) is 3.44.